The maximum atomic E-state index is 11.9. The summed E-state index contributed by atoms with van der Waals surface area (Å²) in [6, 6.07) is 0.0343. The lowest BCUT2D eigenvalue weighted by Gasteiger charge is -2.26. The second-order valence-electron chi connectivity index (χ2n) is 5.55. The lowest BCUT2D eigenvalue weighted by molar-refractivity contribution is 0.0102. The molecule has 21 heavy (non-hydrogen) atoms. The average molecular weight is 296 g/mol. The molecule has 1 aliphatic rings. The van der Waals surface area contributed by atoms with E-state index < -0.39 is 11.6 Å². The van der Waals surface area contributed by atoms with Crippen LogP contribution in [0.15, 0.2) is 0 Å². The highest BCUT2D eigenvalue weighted by Crippen LogP contribution is 2.27. The SMILES string of the molecule is CCC(O)(CC)Cn1nnc(C(=O)OC)c1C1CCCN1. The Morgan fingerprint density at radius 1 is 1.52 bits per heavy atom. The van der Waals surface area contributed by atoms with Gasteiger partial charge in [0.05, 0.1) is 31.0 Å². The second-order valence-corrected chi connectivity index (χ2v) is 5.55. The van der Waals surface area contributed by atoms with E-state index in [0.717, 1.165) is 25.1 Å². The Bertz CT molecular complexity index is 490. The van der Waals surface area contributed by atoms with E-state index >= 15 is 0 Å². The van der Waals surface area contributed by atoms with Gasteiger partial charge in [0.15, 0.2) is 5.69 Å². The number of aliphatic hydroxyl groups is 1. The first-order valence-corrected chi connectivity index (χ1v) is 7.52. The summed E-state index contributed by atoms with van der Waals surface area (Å²) in [7, 11) is 1.33. The molecule has 1 atom stereocenters. The minimum Gasteiger partial charge on any atom is -0.464 e. The highest BCUT2D eigenvalue weighted by atomic mass is 16.5. The number of hydrogen-bond acceptors (Lipinski definition) is 6. The van der Waals surface area contributed by atoms with Gasteiger partial charge in [-0.15, -0.1) is 5.10 Å². The molecule has 118 valence electrons. The number of ether oxygens (including phenoxy) is 1. The third-order valence-corrected chi connectivity index (χ3v) is 4.30. The van der Waals surface area contributed by atoms with Gasteiger partial charge in [0, 0.05) is 0 Å². The average Bonchev–Trinajstić information content (AvgIpc) is 3.15. The van der Waals surface area contributed by atoms with Gasteiger partial charge >= 0.3 is 5.97 Å². The van der Waals surface area contributed by atoms with Crippen molar-refractivity contribution in [2.75, 3.05) is 13.7 Å². The first kappa shape index (κ1) is 15.9. The summed E-state index contributed by atoms with van der Waals surface area (Å²) in [6.07, 6.45) is 3.21. The van der Waals surface area contributed by atoms with Crippen molar-refractivity contribution in [2.45, 2.75) is 57.7 Å². The molecule has 0 amide bonds. The Morgan fingerprint density at radius 3 is 2.76 bits per heavy atom. The zero-order chi connectivity index (χ0) is 15.5. The third kappa shape index (κ3) is 3.24. The van der Waals surface area contributed by atoms with E-state index in [-0.39, 0.29) is 11.7 Å². The van der Waals surface area contributed by atoms with Crippen LogP contribution in [0.1, 0.15) is 61.8 Å². The second kappa shape index (κ2) is 6.53. The third-order valence-electron chi connectivity index (χ3n) is 4.30. The molecule has 0 radical (unpaired) electrons. The van der Waals surface area contributed by atoms with Crippen LogP contribution in [0, 0.1) is 0 Å². The molecule has 2 heterocycles. The Balaban J connectivity index is 2.36. The first-order valence-electron chi connectivity index (χ1n) is 7.52. The maximum absolute atomic E-state index is 11.9. The van der Waals surface area contributed by atoms with Gasteiger partial charge in [-0.25, -0.2) is 9.48 Å². The van der Waals surface area contributed by atoms with Gasteiger partial charge in [-0.3, -0.25) is 0 Å². The standard InChI is InChI=1S/C14H24N4O3/c1-4-14(20,5-2)9-18-12(10-7-6-8-15-10)11(16-17-18)13(19)21-3/h10,15,20H,4-9H2,1-3H3. The van der Waals surface area contributed by atoms with Crippen LogP contribution in [-0.2, 0) is 11.3 Å². The number of nitrogens with zero attached hydrogens (tertiary/aromatic N) is 3. The number of esters is 1. The zero-order valence-corrected chi connectivity index (χ0v) is 12.9. The van der Waals surface area contributed by atoms with Gasteiger partial charge in [-0.1, -0.05) is 19.1 Å². The van der Waals surface area contributed by atoms with Gasteiger partial charge in [0.1, 0.15) is 0 Å². The molecule has 0 saturated carbocycles. The molecule has 2 rings (SSSR count). The quantitative estimate of drug-likeness (QED) is 0.762. The fourth-order valence-electron chi connectivity index (χ4n) is 2.69. The smallest absolute Gasteiger partial charge is 0.360 e. The summed E-state index contributed by atoms with van der Waals surface area (Å²) in [6.45, 7) is 5.12. The predicted octanol–water partition coefficient (Wildman–Crippen LogP) is 1.04. The molecule has 2 N–H and O–H groups in total. The Kier molecular flexibility index (Phi) is 4.95. The normalized spacial score (nSPS) is 19.0. The zero-order valence-electron chi connectivity index (χ0n) is 12.9. The largest absolute Gasteiger partial charge is 0.464 e. The number of rotatable bonds is 6. The van der Waals surface area contributed by atoms with Crippen molar-refractivity contribution in [1.82, 2.24) is 20.3 Å². The van der Waals surface area contributed by atoms with Crippen molar-refractivity contribution < 1.29 is 14.6 Å². The van der Waals surface area contributed by atoms with Crippen LogP contribution >= 0.6 is 0 Å². The van der Waals surface area contributed by atoms with Crippen LogP contribution in [0.4, 0.5) is 0 Å². The molecule has 1 unspecified atom stereocenters. The highest BCUT2D eigenvalue weighted by molar-refractivity contribution is 5.88. The van der Waals surface area contributed by atoms with Crippen molar-refractivity contribution in [3.63, 3.8) is 0 Å². The number of carbonyl (C=O) groups is 1. The molecule has 1 fully saturated rings. The van der Waals surface area contributed by atoms with Crippen molar-refractivity contribution in [3.8, 4) is 0 Å². The summed E-state index contributed by atoms with van der Waals surface area (Å²) in [4.78, 5) is 11.9. The van der Waals surface area contributed by atoms with Crippen molar-refractivity contribution in [1.29, 1.82) is 0 Å². The molecule has 1 aromatic rings. The summed E-state index contributed by atoms with van der Waals surface area (Å²) in [5, 5.41) is 21.9. The van der Waals surface area contributed by atoms with Crippen LogP contribution < -0.4 is 5.32 Å². The van der Waals surface area contributed by atoms with Crippen LogP contribution in [0.5, 0.6) is 0 Å². The van der Waals surface area contributed by atoms with Crippen LogP contribution in [0.25, 0.3) is 0 Å². The highest BCUT2D eigenvalue weighted by Gasteiger charge is 2.32. The van der Waals surface area contributed by atoms with Crippen LogP contribution in [0.3, 0.4) is 0 Å². The monoisotopic (exact) mass is 296 g/mol. The summed E-state index contributed by atoms with van der Waals surface area (Å²) < 4.78 is 6.44. The molecule has 1 saturated heterocycles. The van der Waals surface area contributed by atoms with Gasteiger partial charge in [-0.05, 0) is 32.2 Å². The Morgan fingerprint density at radius 2 is 2.24 bits per heavy atom. The van der Waals surface area contributed by atoms with E-state index in [0.29, 0.717) is 19.4 Å². The molecule has 0 bridgehead atoms. The Hall–Kier alpha value is -1.47. The summed E-state index contributed by atoms with van der Waals surface area (Å²) in [5.41, 5.74) is 0.125. The van der Waals surface area contributed by atoms with Gasteiger partial charge in [0.25, 0.3) is 0 Å². The predicted molar refractivity (Wildman–Crippen MR) is 76.9 cm³/mol. The van der Waals surface area contributed by atoms with Crippen LogP contribution in [0.2, 0.25) is 0 Å². The lowest BCUT2D eigenvalue weighted by Crippen LogP contribution is -2.34. The molecule has 7 heteroatoms. The van der Waals surface area contributed by atoms with Gasteiger partial charge in [0.2, 0.25) is 0 Å². The van der Waals surface area contributed by atoms with E-state index in [2.05, 4.69) is 15.6 Å². The van der Waals surface area contributed by atoms with E-state index in [1.165, 1.54) is 7.11 Å². The van der Waals surface area contributed by atoms with Gasteiger partial charge in [-0.2, -0.15) is 0 Å². The van der Waals surface area contributed by atoms with Crippen molar-refractivity contribution in [2.24, 2.45) is 0 Å². The number of methoxy groups -OCH3 is 1. The minimum atomic E-state index is -0.839. The van der Waals surface area contributed by atoms with E-state index in [4.69, 9.17) is 4.74 Å². The number of carbonyl (C=O) groups excluding carboxylic acids is 1. The van der Waals surface area contributed by atoms with Crippen molar-refractivity contribution >= 4 is 5.97 Å². The molecule has 7 nitrogen and oxygen atoms in total. The van der Waals surface area contributed by atoms with E-state index in [1.807, 2.05) is 13.8 Å². The van der Waals surface area contributed by atoms with Gasteiger partial charge < -0.3 is 15.2 Å². The first-order chi connectivity index (χ1) is 10.0. The molecule has 0 aromatic carbocycles. The molecular formula is C14H24N4O3. The number of aromatic nitrogens is 3. The topological polar surface area (TPSA) is 89.3 Å². The van der Waals surface area contributed by atoms with E-state index in [9.17, 15) is 9.90 Å². The molecule has 1 aromatic heterocycles. The van der Waals surface area contributed by atoms with Crippen molar-refractivity contribution in [3.05, 3.63) is 11.4 Å². The number of nitrogens with one attached hydrogen (secondary N) is 1. The summed E-state index contributed by atoms with van der Waals surface area (Å²) >= 11 is 0. The maximum Gasteiger partial charge on any atom is 0.360 e. The lowest BCUT2D eigenvalue weighted by atomic mass is 9.97. The Labute approximate surface area is 124 Å². The fraction of sp³-hybridized carbons (Fsp3) is 0.786. The molecule has 0 spiro atoms. The number of hydrogen-bond donors (Lipinski definition) is 2. The summed E-state index contributed by atoms with van der Waals surface area (Å²) in [5.74, 6) is -0.485. The van der Waals surface area contributed by atoms with Crippen LogP contribution in [-0.4, -0.2) is 45.3 Å². The minimum absolute atomic E-state index is 0.0343. The molecular weight excluding hydrogens is 272 g/mol. The van der Waals surface area contributed by atoms with E-state index in [1.54, 1.807) is 4.68 Å². The molecule has 1 aliphatic heterocycles. The molecule has 0 aliphatic carbocycles. The fourth-order valence-corrected chi connectivity index (χ4v) is 2.69.